The fourth-order valence-corrected chi connectivity index (χ4v) is 3.47. The number of allylic oxidation sites excluding steroid dienone is 3. The average molecular weight is 312 g/mol. The van der Waals surface area contributed by atoms with E-state index in [1.165, 1.54) is 43.2 Å². The summed E-state index contributed by atoms with van der Waals surface area (Å²) in [6.45, 7) is 7.41. The van der Waals surface area contributed by atoms with E-state index in [2.05, 4.69) is 49.9 Å². The zero-order valence-corrected chi connectivity index (χ0v) is 14.7. The Balaban J connectivity index is 1.73. The van der Waals surface area contributed by atoms with Gasteiger partial charge in [0.1, 0.15) is 0 Å². The Hall–Kier alpha value is -1.34. The summed E-state index contributed by atoms with van der Waals surface area (Å²) in [5, 5.41) is 0. The molecule has 1 aromatic carbocycles. The van der Waals surface area contributed by atoms with Crippen LogP contribution < -0.4 is 0 Å². The summed E-state index contributed by atoms with van der Waals surface area (Å²) in [5.41, 5.74) is 2.80. The van der Waals surface area contributed by atoms with Gasteiger partial charge in [-0.1, -0.05) is 42.5 Å². The van der Waals surface area contributed by atoms with E-state index >= 15 is 0 Å². The SMILES string of the molecule is C=CCCCOCc1ccc([C@H]2CC[C@H](CC=CC)CC2)cc1. The number of benzene rings is 1. The Labute approximate surface area is 142 Å². The van der Waals surface area contributed by atoms with Crippen molar-refractivity contribution in [3.05, 3.63) is 60.2 Å². The summed E-state index contributed by atoms with van der Waals surface area (Å²) in [6, 6.07) is 9.13. The zero-order valence-electron chi connectivity index (χ0n) is 14.7. The first kappa shape index (κ1) is 18.0. The molecule has 0 saturated heterocycles. The molecule has 1 fully saturated rings. The smallest absolute Gasteiger partial charge is 0.0716 e. The van der Waals surface area contributed by atoms with Crippen molar-refractivity contribution < 1.29 is 4.74 Å². The molecule has 1 heteroatoms. The molecule has 0 unspecified atom stereocenters. The highest BCUT2D eigenvalue weighted by molar-refractivity contribution is 5.25. The number of hydrogen-bond acceptors (Lipinski definition) is 1. The fourth-order valence-electron chi connectivity index (χ4n) is 3.47. The second-order valence-electron chi connectivity index (χ2n) is 6.75. The standard InChI is InChI=1S/C22H32O/c1-3-5-7-17-23-18-20-11-15-22(16-12-20)21-13-9-19(10-14-21)8-6-4-2/h3-4,6,11-12,15-16,19,21H,1,5,7-10,13-14,17-18H2,2H3/t19-,21-. The molecule has 0 amide bonds. The van der Waals surface area contributed by atoms with Crippen LogP contribution in [-0.4, -0.2) is 6.61 Å². The van der Waals surface area contributed by atoms with Crippen LogP contribution in [0.3, 0.4) is 0 Å². The lowest BCUT2D eigenvalue weighted by Crippen LogP contribution is -2.12. The Morgan fingerprint density at radius 2 is 1.87 bits per heavy atom. The van der Waals surface area contributed by atoms with Crippen molar-refractivity contribution in [1.29, 1.82) is 0 Å². The van der Waals surface area contributed by atoms with E-state index in [0.29, 0.717) is 0 Å². The first-order chi connectivity index (χ1) is 11.3. The predicted molar refractivity (Wildman–Crippen MR) is 99.7 cm³/mol. The molecule has 0 N–H and O–H groups in total. The van der Waals surface area contributed by atoms with E-state index in [4.69, 9.17) is 4.74 Å². The first-order valence-electron chi connectivity index (χ1n) is 9.22. The van der Waals surface area contributed by atoms with Crippen molar-refractivity contribution in [2.75, 3.05) is 6.61 Å². The third kappa shape index (κ3) is 6.35. The van der Waals surface area contributed by atoms with Gasteiger partial charge in [0.25, 0.3) is 0 Å². The number of hydrogen-bond donors (Lipinski definition) is 0. The van der Waals surface area contributed by atoms with Gasteiger partial charge in [-0.25, -0.2) is 0 Å². The molecule has 2 rings (SSSR count). The van der Waals surface area contributed by atoms with Gasteiger partial charge in [-0.2, -0.15) is 0 Å². The minimum Gasteiger partial charge on any atom is -0.377 e. The van der Waals surface area contributed by atoms with Gasteiger partial charge in [-0.3, -0.25) is 0 Å². The third-order valence-corrected chi connectivity index (χ3v) is 4.97. The van der Waals surface area contributed by atoms with E-state index in [-0.39, 0.29) is 0 Å². The van der Waals surface area contributed by atoms with Crippen LogP contribution in [0.1, 0.15) is 68.9 Å². The molecule has 126 valence electrons. The van der Waals surface area contributed by atoms with Crippen molar-refractivity contribution in [3.63, 3.8) is 0 Å². The number of unbranched alkanes of at least 4 members (excludes halogenated alkanes) is 1. The predicted octanol–water partition coefficient (Wildman–Crippen LogP) is 6.41. The Bertz CT molecular complexity index is 463. The lowest BCUT2D eigenvalue weighted by atomic mass is 9.77. The lowest BCUT2D eigenvalue weighted by Gasteiger charge is -2.28. The Morgan fingerprint density at radius 3 is 2.52 bits per heavy atom. The summed E-state index contributed by atoms with van der Waals surface area (Å²) in [6.07, 6.45) is 15.3. The quantitative estimate of drug-likeness (QED) is 0.378. The molecule has 0 bridgehead atoms. The van der Waals surface area contributed by atoms with Gasteiger partial charge in [-0.05, 0) is 74.8 Å². The second kappa shape index (κ2) is 10.4. The minimum atomic E-state index is 0.730. The topological polar surface area (TPSA) is 9.23 Å². The largest absolute Gasteiger partial charge is 0.377 e. The Morgan fingerprint density at radius 1 is 1.13 bits per heavy atom. The third-order valence-electron chi connectivity index (χ3n) is 4.97. The second-order valence-corrected chi connectivity index (χ2v) is 6.75. The van der Waals surface area contributed by atoms with Crippen LogP contribution in [0.25, 0.3) is 0 Å². The van der Waals surface area contributed by atoms with Gasteiger partial charge < -0.3 is 4.74 Å². The molecule has 1 aromatic rings. The average Bonchev–Trinajstić information content (AvgIpc) is 2.61. The maximum Gasteiger partial charge on any atom is 0.0716 e. The summed E-state index contributed by atoms with van der Waals surface area (Å²) < 4.78 is 5.70. The Kier molecular flexibility index (Phi) is 8.17. The summed E-state index contributed by atoms with van der Waals surface area (Å²) >= 11 is 0. The maximum atomic E-state index is 5.70. The van der Waals surface area contributed by atoms with Crippen LogP contribution in [0.4, 0.5) is 0 Å². The van der Waals surface area contributed by atoms with Gasteiger partial charge in [0.2, 0.25) is 0 Å². The molecule has 0 aliphatic heterocycles. The highest BCUT2D eigenvalue weighted by Crippen LogP contribution is 2.37. The van der Waals surface area contributed by atoms with Crippen molar-refractivity contribution >= 4 is 0 Å². The molecular weight excluding hydrogens is 280 g/mol. The van der Waals surface area contributed by atoms with Crippen LogP contribution in [0.5, 0.6) is 0 Å². The van der Waals surface area contributed by atoms with E-state index in [9.17, 15) is 0 Å². The van der Waals surface area contributed by atoms with Crippen LogP contribution in [0, 0.1) is 5.92 Å². The normalized spacial score (nSPS) is 21.6. The van der Waals surface area contributed by atoms with Crippen LogP contribution in [-0.2, 0) is 11.3 Å². The molecule has 0 aromatic heterocycles. The highest BCUT2D eigenvalue weighted by atomic mass is 16.5. The van der Waals surface area contributed by atoms with Gasteiger partial charge in [0, 0.05) is 6.61 Å². The number of ether oxygens (including phenoxy) is 1. The molecule has 0 radical (unpaired) electrons. The highest BCUT2D eigenvalue weighted by Gasteiger charge is 2.21. The van der Waals surface area contributed by atoms with Crippen LogP contribution in [0.2, 0.25) is 0 Å². The van der Waals surface area contributed by atoms with Crippen molar-refractivity contribution in [2.45, 2.75) is 64.4 Å². The van der Waals surface area contributed by atoms with Gasteiger partial charge in [0.05, 0.1) is 6.61 Å². The summed E-state index contributed by atoms with van der Waals surface area (Å²) in [5.74, 6) is 1.67. The number of rotatable bonds is 9. The van der Waals surface area contributed by atoms with E-state index in [1.54, 1.807) is 0 Å². The molecule has 23 heavy (non-hydrogen) atoms. The van der Waals surface area contributed by atoms with Gasteiger partial charge in [0.15, 0.2) is 0 Å². The monoisotopic (exact) mass is 312 g/mol. The fraction of sp³-hybridized carbons (Fsp3) is 0.545. The molecule has 1 nitrogen and oxygen atoms in total. The van der Waals surface area contributed by atoms with Gasteiger partial charge in [-0.15, -0.1) is 6.58 Å². The van der Waals surface area contributed by atoms with Crippen LogP contribution >= 0.6 is 0 Å². The molecule has 0 spiro atoms. The maximum absolute atomic E-state index is 5.70. The summed E-state index contributed by atoms with van der Waals surface area (Å²) in [4.78, 5) is 0. The lowest BCUT2D eigenvalue weighted by molar-refractivity contribution is 0.119. The van der Waals surface area contributed by atoms with Gasteiger partial charge >= 0.3 is 0 Å². The molecule has 0 atom stereocenters. The molecule has 1 aliphatic rings. The van der Waals surface area contributed by atoms with E-state index < -0.39 is 0 Å². The molecule has 0 heterocycles. The van der Waals surface area contributed by atoms with Crippen molar-refractivity contribution in [1.82, 2.24) is 0 Å². The first-order valence-corrected chi connectivity index (χ1v) is 9.22. The van der Waals surface area contributed by atoms with E-state index in [0.717, 1.165) is 37.9 Å². The van der Waals surface area contributed by atoms with Crippen molar-refractivity contribution in [2.24, 2.45) is 5.92 Å². The molecule has 1 saturated carbocycles. The molecular formula is C22H32O. The summed E-state index contributed by atoms with van der Waals surface area (Å²) in [7, 11) is 0. The van der Waals surface area contributed by atoms with E-state index in [1.807, 2.05) is 6.08 Å². The zero-order chi connectivity index (χ0) is 16.3. The van der Waals surface area contributed by atoms with Crippen LogP contribution in [0.15, 0.2) is 49.1 Å². The van der Waals surface area contributed by atoms with Crippen molar-refractivity contribution in [3.8, 4) is 0 Å². The molecule has 1 aliphatic carbocycles. The minimum absolute atomic E-state index is 0.730.